The topological polar surface area (TPSA) is 98.7 Å². The minimum Gasteiger partial charge on any atom is -0.480 e. The Kier molecular flexibility index (Phi) is 6.83. The Morgan fingerprint density at radius 1 is 1.20 bits per heavy atom. The molecule has 3 amide bonds. The predicted molar refractivity (Wildman–Crippen MR) is 73.3 cm³/mol. The molecule has 0 bridgehead atoms. The fourth-order valence-corrected chi connectivity index (χ4v) is 2.13. The van der Waals surface area contributed by atoms with Gasteiger partial charge in [0.1, 0.15) is 6.04 Å². The van der Waals surface area contributed by atoms with Gasteiger partial charge in [-0.1, -0.05) is 6.92 Å². The summed E-state index contributed by atoms with van der Waals surface area (Å²) in [6, 6.07) is -1.45. The fraction of sp³-hybridized carbons (Fsp3) is 0.769. The normalized spacial score (nSPS) is 16.4. The van der Waals surface area contributed by atoms with Gasteiger partial charge in [0.2, 0.25) is 5.91 Å². The summed E-state index contributed by atoms with van der Waals surface area (Å²) >= 11 is 0. The van der Waals surface area contributed by atoms with E-state index in [0.29, 0.717) is 6.42 Å². The van der Waals surface area contributed by atoms with Gasteiger partial charge in [0, 0.05) is 26.1 Å². The van der Waals surface area contributed by atoms with Gasteiger partial charge in [-0.3, -0.25) is 4.79 Å². The molecular formula is C13H23N3O4. The molecular weight excluding hydrogens is 262 g/mol. The summed E-state index contributed by atoms with van der Waals surface area (Å²) < 4.78 is 0. The van der Waals surface area contributed by atoms with Crippen LogP contribution in [0.4, 0.5) is 4.79 Å². The Bertz CT molecular complexity index is 354. The van der Waals surface area contributed by atoms with Crippen molar-refractivity contribution in [1.29, 1.82) is 0 Å². The SMILES string of the molecule is CC[C@H](NC(=O)NCCC(=O)N1CCCCC1)C(=O)O. The first-order valence-electron chi connectivity index (χ1n) is 7.09. The summed E-state index contributed by atoms with van der Waals surface area (Å²) in [4.78, 5) is 35.9. The van der Waals surface area contributed by atoms with Crippen LogP contribution in [0.2, 0.25) is 0 Å². The lowest BCUT2D eigenvalue weighted by molar-refractivity contribution is -0.139. The van der Waals surface area contributed by atoms with Gasteiger partial charge in [0.05, 0.1) is 0 Å². The molecule has 0 aliphatic carbocycles. The number of urea groups is 1. The summed E-state index contributed by atoms with van der Waals surface area (Å²) in [6.07, 6.45) is 3.80. The van der Waals surface area contributed by atoms with Gasteiger partial charge in [-0.25, -0.2) is 9.59 Å². The van der Waals surface area contributed by atoms with Gasteiger partial charge in [-0.15, -0.1) is 0 Å². The molecule has 3 N–H and O–H groups in total. The van der Waals surface area contributed by atoms with Crippen molar-refractivity contribution in [1.82, 2.24) is 15.5 Å². The van der Waals surface area contributed by atoms with Crippen LogP contribution < -0.4 is 10.6 Å². The molecule has 1 saturated heterocycles. The number of aliphatic carboxylic acids is 1. The predicted octanol–water partition coefficient (Wildman–Crippen LogP) is 0.551. The molecule has 20 heavy (non-hydrogen) atoms. The molecule has 1 fully saturated rings. The zero-order valence-corrected chi connectivity index (χ0v) is 11.9. The van der Waals surface area contributed by atoms with Crippen molar-refractivity contribution in [2.24, 2.45) is 0 Å². The molecule has 0 aromatic heterocycles. The first-order chi connectivity index (χ1) is 9.54. The Morgan fingerprint density at radius 2 is 1.85 bits per heavy atom. The van der Waals surface area contributed by atoms with E-state index in [0.717, 1.165) is 32.4 Å². The van der Waals surface area contributed by atoms with Crippen LogP contribution >= 0.6 is 0 Å². The smallest absolute Gasteiger partial charge is 0.326 e. The highest BCUT2D eigenvalue weighted by Crippen LogP contribution is 2.09. The van der Waals surface area contributed by atoms with Crippen LogP contribution in [0.5, 0.6) is 0 Å². The molecule has 1 aliphatic heterocycles. The highest BCUT2D eigenvalue weighted by Gasteiger charge is 2.18. The molecule has 0 radical (unpaired) electrons. The number of piperidine rings is 1. The summed E-state index contributed by atoms with van der Waals surface area (Å²) in [7, 11) is 0. The van der Waals surface area contributed by atoms with E-state index in [-0.39, 0.29) is 18.9 Å². The van der Waals surface area contributed by atoms with Crippen LogP contribution in [0.15, 0.2) is 0 Å². The molecule has 0 saturated carbocycles. The Balaban J connectivity index is 2.20. The van der Waals surface area contributed by atoms with Crippen molar-refractivity contribution in [3.63, 3.8) is 0 Å². The number of hydrogen-bond donors (Lipinski definition) is 3. The van der Waals surface area contributed by atoms with Gasteiger partial charge >= 0.3 is 12.0 Å². The molecule has 0 aromatic carbocycles. The number of carboxylic acids is 1. The maximum atomic E-state index is 11.8. The molecule has 7 heteroatoms. The van der Waals surface area contributed by atoms with Gasteiger partial charge < -0.3 is 20.6 Å². The number of carbonyl (C=O) groups excluding carboxylic acids is 2. The monoisotopic (exact) mass is 285 g/mol. The second-order valence-corrected chi connectivity index (χ2v) is 4.89. The lowest BCUT2D eigenvalue weighted by atomic mass is 10.1. The molecule has 1 rings (SSSR count). The van der Waals surface area contributed by atoms with Crippen LogP contribution in [0, 0.1) is 0 Å². The van der Waals surface area contributed by atoms with E-state index in [9.17, 15) is 14.4 Å². The molecule has 1 aliphatic rings. The Hall–Kier alpha value is -1.79. The molecule has 1 atom stereocenters. The van der Waals surface area contributed by atoms with Crippen molar-refractivity contribution in [3.8, 4) is 0 Å². The quantitative estimate of drug-likeness (QED) is 0.663. The van der Waals surface area contributed by atoms with E-state index >= 15 is 0 Å². The van der Waals surface area contributed by atoms with E-state index in [2.05, 4.69) is 10.6 Å². The first kappa shape index (κ1) is 16.3. The van der Waals surface area contributed by atoms with Gasteiger partial charge in [0.15, 0.2) is 0 Å². The Labute approximate surface area is 118 Å². The maximum absolute atomic E-state index is 11.8. The number of likely N-dealkylation sites (tertiary alicyclic amines) is 1. The summed E-state index contributed by atoms with van der Waals surface area (Å²) in [5.41, 5.74) is 0. The van der Waals surface area contributed by atoms with Crippen molar-refractivity contribution in [2.75, 3.05) is 19.6 Å². The fourth-order valence-electron chi connectivity index (χ4n) is 2.13. The van der Waals surface area contributed by atoms with E-state index < -0.39 is 18.0 Å². The highest BCUT2D eigenvalue weighted by atomic mass is 16.4. The lowest BCUT2D eigenvalue weighted by Crippen LogP contribution is -2.46. The summed E-state index contributed by atoms with van der Waals surface area (Å²) in [5.74, 6) is -1.03. The van der Waals surface area contributed by atoms with E-state index in [1.54, 1.807) is 6.92 Å². The molecule has 114 valence electrons. The largest absolute Gasteiger partial charge is 0.480 e. The zero-order valence-electron chi connectivity index (χ0n) is 11.9. The third-order valence-electron chi connectivity index (χ3n) is 3.34. The first-order valence-corrected chi connectivity index (χ1v) is 7.09. The molecule has 0 spiro atoms. The van der Waals surface area contributed by atoms with Crippen LogP contribution in [-0.4, -0.2) is 53.6 Å². The number of carbonyl (C=O) groups is 3. The van der Waals surface area contributed by atoms with Gasteiger partial charge in [-0.05, 0) is 25.7 Å². The van der Waals surface area contributed by atoms with Crippen molar-refractivity contribution >= 4 is 17.9 Å². The number of hydrogen-bond acceptors (Lipinski definition) is 3. The number of nitrogens with one attached hydrogen (secondary N) is 2. The Morgan fingerprint density at radius 3 is 2.40 bits per heavy atom. The molecule has 1 heterocycles. The van der Waals surface area contributed by atoms with E-state index in [4.69, 9.17) is 5.11 Å². The second-order valence-electron chi connectivity index (χ2n) is 4.89. The van der Waals surface area contributed by atoms with Crippen LogP contribution in [-0.2, 0) is 9.59 Å². The van der Waals surface area contributed by atoms with Crippen molar-refractivity contribution in [3.05, 3.63) is 0 Å². The van der Waals surface area contributed by atoms with Gasteiger partial charge in [0.25, 0.3) is 0 Å². The minimum atomic E-state index is -1.06. The average molecular weight is 285 g/mol. The zero-order chi connectivity index (χ0) is 15.0. The third kappa shape index (κ3) is 5.46. The molecule has 7 nitrogen and oxygen atoms in total. The van der Waals surface area contributed by atoms with Crippen molar-refractivity contribution < 1.29 is 19.5 Å². The maximum Gasteiger partial charge on any atom is 0.326 e. The van der Waals surface area contributed by atoms with Gasteiger partial charge in [-0.2, -0.15) is 0 Å². The minimum absolute atomic E-state index is 0.0373. The number of amides is 3. The average Bonchev–Trinajstić information content (AvgIpc) is 2.45. The van der Waals surface area contributed by atoms with Crippen LogP contribution in [0.25, 0.3) is 0 Å². The second kappa shape index (κ2) is 8.39. The summed E-state index contributed by atoms with van der Waals surface area (Å²) in [5, 5.41) is 13.7. The van der Waals surface area contributed by atoms with Crippen LogP contribution in [0.1, 0.15) is 39.0 Å². The standard InChI is InChI=1S/C13H23N3O4/c1-2-10(12(18)19)15-13(20)14-7-6-11(17)16-8-4-3-5-9-16/h10H,2-9H2,1H3,(H,18,19)(H2,14,15,20)/t10-/m0/s1. The number of rotatable bonds is 6. The van der Waals surface area contributed by atoms with Crippen molar-refractivity contribution in [2.45, 2.75) is 45.1 Å². The van der Waals surface area contributed by atoms with E-state index in [1.165, 1.54) is 0 Å². The third-order valence-corrected chi connectivity index (χ3v) is 3.34. The van der Waals surface area contributed by atoms with Crippen LogP contribution in [0.3, 0.4) is 0 Å². The summed E-state index contributed by atoms with van der Waals surface area (Å²) in [6.45, 7) is 3.49. The molecule has 0 aromatic rings. The number of carboxylic acid groups (broad SMARTS) is 1. The molecule has 0 unspecified atom stereocenters. The van der Waals surface area contributed by atoms with E-state index in [1.807, 2.05) is 4.90 Å². The highest BCUT2D eigenvalue weighted by molar-refractivity contribution is 5.83. The lowest BCUT2D eigenvalue weighted by Gasteiger charge is -2.26. The number of nitrogens with zero attached hydrogens (tertiary/aromatic N) is 1.